The Morgan fingerprint density at radius 2 is 2.05 bits per heavy atom. The highest BCUT2D eigenvalue weighted by Gasteiger charge is 2.29. The number of fused-ring (bicyclic) bond motifs is 1. The molecular formula is C14H11BrN2O2. The lowest BCUT2D eigenvalue weighted by Crippen LogP contribution is -2.39. The van der Waals surface area contributed by atoms with Crippen molar-refractivity contribution in [2.45, 2.75) is 18.8 Å². The number of nitrogens with one attached hydrogen (secondary N) is 1. The first-order chi connectivity index (χ1) is 9.16. The molecular weight excluding hydrogens is 308 g/mol. The van der Waals surface area contributed by atoms with Gasteiger partial charge in [-0.3, -0.25) is 19.9 Å². The van der Waals surface area contributed by atoms with E-state index < -0.39 is 0 Å². The van der Waals surface area contributed by atoms with E-state index in [0.717, 1.165) is 20.8 Å². The molecule has 0 saturated carbocycles. The van der Waals surface area contributed by atoms with Crippen LogP contribution in [-0.4, -0.2) is 16.8 Å². The van der Waals surface area contributed by atoms with Crippen molar-refractivity contribution in [2.75, 3.05) is 0 Å². The van der Waals surface area contributed by atoms with Crippen molar-refractivity contribution < 1.29 is 9.59 Å². The molecule has 0 aliphatic carbocycles. The molecule has 1 atom stereocenters. The minimum atomic E-state index is -0.280. The summed E-state index contributed by atoms with van der Waals surface area (Å²) in [5.74, 6) is -0.693. The van der Waals surface area contributed by atoms with Crippen LogP contribution in [-0.2, 0) is 9.59 Å². The molecule has 0 radical (unpaired) electrons. The SMILES string of the molecule is O=C1CCC(c2cccc3c(Br)cncc23)C(=O)N1. The van der Waals surface area contributed by atoms with Crippen LogP contribution in [0.2, 0.25) is 0 Å². The smallest absolute Gasteiger partial charge is 0.234 e. The topological polar surface area (TPSA) is 59.1 Å². The molecule has 1 N–H and O–H groups in total. The highest BCUT2D eigenvalue weighted by Crippen LogP contribution is 2.32. The normalized spacial score (nSPS) is 19.5. The number of pyridine rings is 1. The number of hydrogen-bond donors (Lipinski definition) is 1. The summed E-state index contributed by atoms with van der Waals surface area (Å²) < 4.78 is 0.902. The molecule has 0 spiro atoms. The summed E-state index contributed by atoms with van der Waals surface area (Å²) in [6.45, 7) is 0. The molecule has 1 aromatic carbocycles. The van der Waals surface area contributed by atoms with E-state index in [4.69, 9.17) is 0 Å². The Balaban J connectivity index is 2.13. The molecule has 3 rings (SSSR count). The molecule has 2 heterocycles. The van der Waals surface area contributed by atoms with Crippen molar-refractivity contribution >= 4 is 38.5 Å². The quantitative estimate of drug-likeness (QED) is 0.822. The molecule has 19 heavy (non-hydrogen) atoms. The van der Waals surface area contributed by atoms with Gasteiger partial charge in [-0.15, -0.1) is 0 Å². The van der Waals surface area contributed by atoms with Gasteiger partial charge in [0.25, 0.3) is 0 Å². The van der Waals surface area contributed by atoms with Crippen molar-refractivity contribution in [3.63, 3.8) is 0 Å². The number of aromatic nitrogens is 1. The number of halogens is 1. The molecule has 1 aliphatic heterocycles. The van der Waals surface area contributed by atoms with Gasteiger partial charge in [0, 0.05) is 28.7 Å². The second kappa shape index (κ2) is 4.74. The van der Waals surface area contributed by atoms with E-state index in [-0.39, 0.29) is 17.7 Å². The molecule has 5 heteroatoms. The summed E-state index contributed by atoms with van der Waals surface area (Å²) in [6.07, 6.45) is 4.43. The van der Waals surface area contributed by atoms with E-state index in [0.29, 0.717) is 12.8 Å². The fourth-order valence-electron chi connectivity index (χ4n) is 2.48. The van der Waals surface area contributed by atoms with Crippen LogP contribution in [0.15, 0.2) is 35.1 Å². The average Bonchev–Trinajstić information content (AvgIpc) is 2.39. The average molecular weight is 319 g/mol. The van der Waals surface area contributed by atoms with E-state index in [1.807, 2.05) is 18.2 Å². The van der Waals surface area contributed by atoms with Gasteiger partial charge >= 0.3 is 0 Å². The predicted molar refractivity (Wildman–Crippen MR) is 74.6 cm³/mol. The first-order valence-electron chi connectivity index (χ1n) is 6.02. The predicted octanol–water partition coefficient (Wildman–Crippen LogP) is 2.52. The molecule has 1 aliphatic rings. The van der Waals surface area contributed by atoms with E-state index in [1.165, 1.54) is 0 Å². The Kier molecular flexibility index (Phi) is 3.06. The fraction of sp³-hybridized carbons (Fsp3) is 0.214. The van der Waals surface area contributed by atoms with Crippen LogP contribution >= 0.6 is 15.9 Å². The zero-order valence-electron chi connectivity index (χ0n) is 10.0. The van der Waals surface area contributed by atoms with Crippen LogP contribution in [0.25, 0.3) is 10.8 Å². The molecule has 1 fully saturated rings. The molecule has 1 saturated heterocycles. The number of carbonyl (C=O) groups is 2. The third-order valence-corrected chi connectivity index (χ3v) is 4.04. The highest BCUT2D eigenvalue weighted by molar-refractivity contribution is 9.10. The Bertz CT molecular complexity index is 684. The van der Waals surface area contributed by atoms with Gasteiger partial charge in [-0.25, -0.2) is 0 Å². The van der Waals surface area contributed by atoms with Crippen molar-refractivity contribution in [3.05, 3.63) is 40.6 Å². The maximum atomic E-state index is 12.0. The molecule has 2 aromatic rings. The molecule has 1 unspecified atom stereocenters. The fourth-order valence-corrected chi connectivity index (χ4v) is 2.94. The van der Waals surface area contributed by atoms with Crippen LogP contribution in [0.1, 0.15) is 24.3 Å². The van der Waals surface area contributed by atoms with E-state index in [2.05, 4.69) is 26.2 Å². The van der Waals surface area contributed by atoms with E-state index in [9.17, 15) is 9.59 Å². The molecule has 1 aromatic heterocycles. The minimum Gasteiger partial charge on any atom is -0.296 e. The first kappa shape index (κ1) is 12.3. The first-order valence-corrected chi connectivity index (χ1v) is 6.82. The van der Waals surface area contributed by atoms with Crippen molar-refractivity contribution in [2.24, 2.45) is 0 Å². The maximum absolute atomic E-state index is 12.0. The molecule has 96 valence electrons. The number of nitrogens with zero attached hydrogens (tertiary/aromatic N) is 1. The lowest BCUT2D eigenvalue weighted by atomic mass is 9.88. The van der Waals surface area contributed by atoms with Gasteiger partial charge in [0.05, 0.1) is 5.92 Å². The van der Waals surface area contributed by atoms with E-state index in [1.54, 1.807) is 12.4 Å². The lowest BCUT2D eigenvalue weighted by Gasteiger charge is -2.22. The third-order valence-electron chi connectivity index (χ3n) is 3.40. The monoisotopic (exact) mass is 318 g/mol. The number of rotatable bonds is 1. The number of benzene rings is 1. The third kappa shape index (κ3) is 2.14. The van der Waals surface area contributed by atoms with Crippen LogP contribution in [0.3, 0.4) is 0 Å². The number of imide groups is 1. The van der Waals surface area contributed by atoms with Crippen LogP contribution in [0, 0.1) is 0 Å². The number of carbonyl (C=O) groups excluding carboxylic acids is 2. The minimum absolute atomic E-state index is 0.194. The van der Waals surface area contributed by atoms with Gasteiger partial charge in [-0.2, -0.15) is 0 Å². The zero-order valence-corrected chi connectivity index (χ0v) is 11.6. The second-order valence-electron chi connectivity index (χ2n) is 4.57. The van der Waals surface area contributed by atoms with Crippen molar-refractivity contribution in [3.8, 4) is 0 Å². The second-order valence-corrected chi connectivity index (χ2v) is 5.42. The maximum Gasteiger partial charge on any atom is 0.234 e. The van der Waals surface area contributed by atoms with Crippen molar-refractivity contribution in [1.29, 1.82) is 0 Å². The zero-order chi connectivity index (χ0) is 13.4. The largest absolute Gasteiger partial charge is 0.296 e. The summed E-state index contributed by atoms with van der Waals surface area (Å²) >= 11 is 3.46. The standard InChI is InChI=1S/C14H11BrN2O2/c15-12-7-16-6-11-8(2-1-3-9(11)12)10-4-5-13(18)17-14(10)19/h1-3,6-7,10H,4-5H2,(H,17,18,19). The Morgan fingerprint density at radius 1 is 1.21 bits per heavy atom. The number of piperidine rings is 1. The summed E-state index contributed by atoms with van der Waals surface area (Å²) in [5, 5.41) is 4.37. The van der Waals surface area contributed by atoms with Gasteiger partial charge in [-0.1, -0.05) is 18.2 Å². The summed E-state index contributed by atoms with van der Waals surface area (Å²) in [5.41, 5.74) is 0.927. The number of amides is 2. The highest BCUT2D eigenvalue weighted by atomic mass is 79.9. The van der Waals surface area contributed by atoms with Gasteiger partial charge in [0.2, 0.25) is 11.8 Å². The number of hydrogen-bond acceptors (Lipinski definition) is 3. The van der Waals surface area contributed by atoms with Gasteiger partial charge in [0.1, 0.15) is 0 Å². The Hall–Kier alpha value is -1.75. The van der Waals surface area contributed by atoms with Crippen molar-refractivity contribution in [1.82, 2.24) is 10.3 Å². The summed E-state index contributed by atoms with van der Waals surface area (Å²) in [7, 11) is 0. The van der Waals surface area contributed by atoms with Gasteiger partial charge in [0.15, 0.2) is 0 Å². The molecule has 2 amide bonds. The Morgan fingerprint density at radius 3 is 2.84 bits per heavy atom. The lowest BCUT2D eigenvalue weighted by molar-refractivity contribution is -0.134. The van der Waals surface area contributed by atoms with Crippen LogP contribution in [0.4, 0.5) is 0 Å². The molecule has 4 nitrogen and oxygen atoms in total. The van der Waals surface area contributed by atoms with E-state index >= 15 is 0 Å². The van der Waals surface area contributed by atoms with Gasteiger partial charge in [-0.05, 0) is 33.3 Å². The Labute approximate surface area is 118 Å². The summed E-state index contributed by atoms with van der Waals surface area (Å²) in [4.78, 5) is 27.3. The van der Waals surface area contributed by atoms with Crippen LogP contribution in [0.5, 0.6) is 0 Å². The summed E-state index contributed by atoms with van der Waals surface area (Å²) in [6, 6.07) is 5.83. The van der Waals surface area contributed by atoms with Gasteiger partial charge < -0.3 is 0 Å². The van der Waals surface area contributed by atoms with Crippen LogP contribution < -0.4 is 5.32 Å². The molecule has 0 bridgehead atoms.